The predicted octanol–water partition coefficient (Wildman–Crippen LogP) is 4.26. The second-order valence-corrected chi connectivity index (χ2v) is 8.26. The molecule has 6 nitrogen and oxygen atoms in total. The van der Waals surface area contributed by atoms with Crippen molar-refractivity contribution < 1.29 is 24.2 Å². The summed E-state index contributed by atoms with van der Waals surface area (Å²) in [5, 5.41) is 11.5. The van der Waals surface area contributed by atoms with Crippen molar-refractivity contribution in [2.24, 2.45) is 0 Å². The lowest BCUT2D eigenvalue weighted by Gasteiger charge is -2.27. The highest BCUT2D eigenvalue weighted by Crippen LogP contribution is 2.41. The number of nitrogens with zero attached hydrogens (tertiary/aromatic N) is 1. The Balaban J connectivity index is 1.84. The molecule has 2 saturated heterocycles. The molecule has 0 aliphatic carbocycles. The van der Waals surface area contributed by atoms with E-state index in [1.165, 1.54) is 12.0 Å². The van der Waals surface area contributed by atoms with Crippen molar-refractivity contribution in [3.63, 3.8) is 0 Å². The van der Waals surface area contributed by atoms with Gasteiger partial charge in [-0.15, -0.1) is 0 Å². The molecule has 31 heavy (non-hydrogen) atoms. The number of amides is 1. The molecular formula is C24H24ClNO5. The Morgan fingerprint density at radius 3 is 2.74 bits per heavy atom. The largest absolute Gasteiger partial charge is 0.507 e. The molecule has 0 aromatic heterocycles. The molecule has 162 valence electrons. The van der Waals surface area contributed by atoms with Crippen LogP contribution in [-0.4, -0.2) is 48.1 Å². The number of methoxy groups -OCH3 is 1. The Bertz CT molecular complexity index is 1060. The molecule has 0 spiro atoms. The first-order chi connectivity index (χ1) is 14.9. The maximum atomic E-state index is 13.1. The van der Waals surface area contributed by atoms with Crippen LogP contribution in [0.2, 0.25) is 5.02 Å². The minimum absolute atomic E-state index is 0.0537. The summed E-state index contributed by atoms with van der Waals surface area (Å²) in [6, 6.07) is 11.6. The molecule has 2 aliphatic heterocycles. The molecule has 2 aromatic rings. The van der Waals surface area contributed by atoms with Gasteiger partial charge < -0.3 is 19.5 Å². The minimum atomic E-state index is -0.712. The van der Waals surface area contributed by atoms with Crippen molar-refractivity contribution in [3.05, 3.63) is 69.8 Å². The zero-order valence-electron chi connectivity index (χ0n) is 17.4. The van der Waals surface area contributed by atoms with Crippen LogP contribution in [0, 0.1) is 6.92 Å². The Morgan fingerprint density at radius 2 is 2.06 bits per heavy atom. The molecular weight excluding hydrogens is 418 g/mol. The number of rotatable bonds is 5. The van der Waals surface area contributed by atoms with Gasteiger partial charge in [0.2, 0.25) is 0 Å². The van der Waals surface area contributed by atoms with Gasteiger partial charge in [0.25, 0.3) is 11.7 Å². The molecule has 1 N–H and O–H groups in total. The van der Waals surface area contributed by atoms with Gasteiger partial charge in [0.15, 0.2) is 0 Å². The summed E-state index contributed by atoms with van der Waals surface area (Å²) < 4.78 is 11.0. The van der Waals surface area contributed by atoms with Gasteiger partial charge >= 0.3 is 0 Å². The molecule has 2 heterocycles. The zero-order valence-corrected chi connectivity index (χ0v) is 18.2. The van der Waals surface area contributed by atoms with E-state index in [9.17, 15) is 14.7 Å². The normalized spacial score (nSPS) is 22.9. The molecule has 2 aromatic carbocycles. The molecule has 0 radical (unpaired) electrons. The molecule has 2 atom stereocenters. The van der Waals surface area contributed by atoms with Crippen LogP contribution in [0.3, 0.4) is 0 Å². The predicted molar refractivity (Wildman–Crippen MR) is 117 cm³/mol. The number of benzene rings is 2. The monoisotopic (exact) mass is 441 g/mol. The van der Waals surface area contributed by atoms with Gasteiger partial charge in [-0.05, 0) is 43.5 Å². The van der Waals surface area contributed by atoms with Crippen LogP contribution in [0.25, 0.3) is 5.76 Å². The number of hydrogen-bond donors (Lipinski definition) is 1. The van der Waals surface area contributed by atoms with Crippen LogP contribution in [0.15, 0.2) is 48.0 Å². The fraction of sp³-hybridized carbons (Fsp3) is 0.333. The molecule has 0 saturated carbocycles. The molecule has 2 fully saturated rings. The first-order valence-corrected chi connectivity index (χ1v) is 10.6. The molecule has 2 aliphatic rings. The quantitative estimate of drug-likeness (QED) is 0.426. The van der Waals surface area contributed by atoms with E-state index in [1.807, 2.05) is 31.2 Å². The van der Waals surface area contributed by atoms with Crippen LogP contribution in [0.4, 0.5) is 0 Å². The fourth-order valence-electron chi connectivity index (χ4n) is 4.23. The van der Waals surface area contributed by atoms with Gasteiger partial charge in [0.05, 0.1) is 29.9 Å². The van der Waals surface area contributed by atoms with E-state index in [1.54, 1.807) is 18.2 Å². The first kappa shape index (κ1) is 21.4. The molecule has 2 unspecified atom stereocenters. The highest BCUT2D eigenvalue weighted by atomic mass is 35.5. The van der Waals surface area contributed by atoms with Crippen LogP contribution in [-0.2, 0) is 14.3 Å². The fourth-order valence-corrected chi connectivity index (χ4v) is 4.42. The summed E-state index contributed by atoms with van der Waals surface area (Å²) in [6.07, 6.45) is 1.63. The number of aliphatic hydroxyl groups is 1. The number of ketones is 1. The van der Waals surface area contributed by atoms with Gasteiger partial charge in [-0.25, -0.2) is 0 Å². The van der Waals surface area contributed by atoms with E-state index < -0.39 is 17.7 Å². The van der Waals surface area contributed by atoms with Crippen molar-refractivity contribution in [3.8, 4) is 5.75 Å². The van der Waals surface area contributed by atoms with Gasteiger partial charge in [-0.3, -0.25) is 9.59 Å². The minimum Gasteiger partial charge on any atom is -0.507 e. The van der Waals surface area contributed by atoms with Gasteiger partial charge in [-0.2, -0.15) is 0 Å². The maximum absolute atomic E-state index is 13.1. The second-order valence-electron chi connectivity index (χ2n) is 7.85. The van der Waals surface area contributed by atoms with Gasteiger partial charge in [-0.1, -0.05) is 41.4 Å². The number of aliphatic hydroxyl groups excluding tert-OH is 1. The summed E-state index contributed by atoms with van der Waals surface area (Å²) in [7, 11) is 1.47. The summed E-state index contributed by atoms with van der Waals surface area (Å²) in [5.41, 5.74) is 2.17. The third kappa shape index (κ3) is 4.05. The van der Waals surface area contributed by atoms with E-state index >= 15 is 0 Å². The Labute approximate surface area is 186 Å². The average molecular weight is 442 g/mol. The van der Waals surface area contributed by atoms with E-state index in [0.29, 0.717) is 29.5 Å². The third-order valence-corrected chi connectivity index (χ3v) is 6.06. The van der Waals surface area contributed by atoms with Crippen LogP contribution < -0.4 is 4.74 Å². The molecule has 7 heteroatoms. The lowest BCUT2D eigenvalue weighted by Crippen LogP contribution is -2.36. The van der Waals surface area contributed by atoms with Crippen molar-refractivity contribution in [2.75, 3.05) is 20.3 Å². The van der Waals surface area contributed by atoms with Crippen molar-refractivity contribution in [2.45, 2.75) is 31.9 Å². The van der Waals surface area contributed by atoms with E-state index in [2.05, 4.69) is 0 Å². The van der Waals surface area contributed by atoms with E-state index in [-0.39, 0.29) is 17.4 Å². The van der Waals surface area contributed by atoms with Crippen LogP contribution >= 0.6 is 11.6 Å². The van der Waals surface area contributed by atoms with Gasteiger partial charge in [0.1, 0.15) is 11.5 Å². The summed E-state index contributed by atoms with van der Waals surface area (Å²) in [4.78, 5) is 27.6. The van der Waals surface area contributed by atoms with Crippen molar-refractivity contribution >= 4 is 29.1 Å². The molecule has 0 bridgehead atoms. The summed E-state index contributed by atoms with van der Waals surface area (Å²) >= 11 is 6.11. The van der Waals surface area contributed by atoms with Crippen LogP contribution in [0.1, 0.15) is 35.6 Å². The highest BCUT2D eigenvalue weighted by molar-refractivity contribution is 6.46. The molecule has 4 rings (SSSR count). The SMILES string of the molecule is COc1cc(/C(O)=C2/C(=O)C(=O)N(CC3CCCO3)C2c2cccc(C)c2)ccc1Cl. The zero-order chi connectivity index (χ0) is 22.1. The third-order valence-electron chi connectivity index (χ3n) is 5.75. The van der Waals surface area contributed by atoms with Crippen molar-refractivity contribution in [1.29, 1.82) is 0 Å². The highest BCUT2D eigenvalue weighted by Gasteiger charge is 2.47. The number of aryl methyl sites for hydroxylation is 1. The average Bonchev–Trinajstić information content (AvgIpc) is 3.36. The maximum Gasteiger partial charge on any atom is 0.295 e. The summed E-state index contributed by atoms with van der Waals surface area (Å²) in [5.74, 6) is -1.23. The van der Waals surface area contributed by atoms with E-state index in [0.717, 1.165) is 24.0 Å². The van der Waals surface area contributed by atoms with E-state index in [4.69, 9.17) is 21.1 Å². The number of likely N-dealkylation sites (tertiary alicyclic amines) is 1. The van der Waals surface area contributed by atoms with Gasteiger partial charge in [0, 0.05) is 18.7 Å². The van der Waals surface area contributed by atoms with Crippen molar-refractivity contribution in [1.82, 2.24) is 4.90 Å². The number of carbonyl (C=O) groups excluding carboxylic acids is 2. The number of carbonyl (C=O) groups is 2. The first-order valence-electron chi connectivity index (χ1n) is 10.2. The summed E-state index contributed by atoms with van der Waals surface area (Å²) in [6.45, 7) is 2.89. The Hall–Kier alpha value is -2.83. The lowest BCUT2D eigenvalue weighted by atomic mass is 9.94. The number of halogens is 1. The van der Waals surface area contributed by atoms with Crippen LogP contribution in [0.5, 0.6) is 5.75 Å². The standard InChI is InChI=1S/C24H24ClNO5/c1-14-5-3-6-15(11-14)21-20(22(27)16-8-9-18(25)19(12-16)30-2)23(28)24(29)26(21)13-17-7-4-10-31-17/h3,5-6,8-9,11-12,17,21,27H,4,7,10,13H2,1-2H3/b22-20-. The number of Topliss-reactive ketones (excluding diaryl/α,β-unsaturated/α-hetero) is 1. The Kier molecular flexibility index (Phi) is 6.03. The Morgan fingerprint density at radius 1 is 1.26 bits per heavy atom. The number of ether oxygens (including phenoxy) is 2. The smallest absolute Gasteiger partial charge is 0.295 e. The topological polar surface area (TPSA) is 76.1 Å². The lowest BCUT2D eigenvalue weighted by molar-refractivity contribution is -0.140. The second kappa shape index (κ2) is 8.73. The molecule has 1 amide bonds. The number of hydrogen-bond acceptors (Lipinski definition) is 5.